The zero-order chi connectivity index (χ0) is 10.4. The second-order valence-electron chi connectivity index (χ2n) is 3.63. The first-order valence-electron chi connectivity index (χ1n) is 5.10. The highest BCUT2D eigenvalue weighted by Gasteiger charge is 2.04. The fourth-order valence-electron chi connectivity index (χ4n) is 1.55. The van der Waals surface area contributed by atoms with E-state index in [-0.39, 0.29) is 12.6 Å². The summed E-state index contributed by atoms with van der Waals surface area (Å²) in [5.74, 6) is 0. The second-order valence-corrected chi connectivity index (χ2v) is 3.63. The number of nitrogens with one attached hydrogen (secondary N) is 1. The van der Waals surface area contributed by atoms with Crippen LogP contribution in [0.15, 0.2) is 24.3 Å². The smallest absolute Gasteiger partial charge is 0.0584 e. The van der Waals surface area contributed by atoms with Gasteiger partial charge in [-0.25, -0.2) is 0 Å². The standard InChI is InChI=1S/C12H19NO/c1-10-5-3-4-6-11(10)7-8-12(9-14)13-2/h3-6,12-14H,7-9H2,1-2H3. The van der Waals surface area contributed by atoms with Crippen LogP contribution in [0.3, 0.4) is 0 Å². The van der Waals surface area contributed by atoms with Gasteiger partial charge in [0.2, 0.25) is 0 Å². The molecular formula is C12H19NO. The maximum atomic E-state index is 9.01. The van der Waals surface area contributed by atoms with Crippen LogP contribution in [0.25, 0.3) is 0 Å². The van der Waals surface area contributed by atoms with Crippen LogP contribution >= 0.6 is 0 Å². The van der Waals surface area contributed by atoms with Crippen molar-refractivity contribution in [3.8, 4) is 0 Å². The molecule has 0 aliphatic rings. The van der Waals surface area contributed by atoms with Crippen LogP contribution in [0.4, 0.5) is 0 Å². The predicted octanol–water partition coefficient (Wildman–Crippen LogP) is 1.51. The third-order valence-corrected chi connectivity index (χ3v) is 2.65. The first kappa shape index (κ1) is 11.2. The van der Waals surface area contributed by atoms with Crippen LogP contribution in [0.5, 0.6) is 0 Å². The summed E-state index contributed by atoms with van der Waals surface area (Å²) in [7, 11) is 1.89. The topological polar surface area (TPSA) is 32.3 Å². The van der Waals surface area contributed by atoms with Crippen molar-refractivity contribution < 1.29 is 5.11 Å². The fourth-order valence-corrected chi connectivity index (χ4v) is 1.55. The van der Waals surface area contributed by atoms with Crippen LogP contribution in [0, 0.1) is 6.92 Å². The number of aryl methyl sites for hydroxylation is 2. The lowest BCUT2D eigenvalue weighted by atomic mass is 10.0. The van der Waals surface area contributed by atoms with Gasteiger partial charge in [-0.2, -0.15) is 0 Å². The normalized spacial score (nSPS) is 12.8. The highest BCUT2D eigenvalue weighted by Crippen LogP contribution is 2.10. The van der Waals surface area contributed by atoms with Gasteiger partial charge >= 0.3 is 0 Å². The molecule has 0 amide bonds. The molecule has 78 valence electrons. The maximum Gasteiger partial charge on any atom is 0.0584 e. The number of rotatable bonds is 5. The van der Waals surface area contributed by atoms with Gasteiger partial charge in [-0.05, 0) is 37.9 Å². The summed E-state index contributed by atoms with van der Waals surface area (Å²) in [4.78, 5) is 0. The SMILES string of the molecule is CNC(CO)CCc1ccccc1C. The zero-order valence-corrected chi connectivity index (χ0v) is 8.96. The lowest BCUT2D eigenvalue weighted by Crippen LogP contribution is -2.29. The molecule has 1 aromatic carbocycles. The fraction of sp³-hybridized carbons (Fsp3) is 0.500. The molecule has 0 aliphatic carbocycles. The van der Waals surface area contributed by atoms with E-state index < -0.39 is 0 Å². The predicted molar refractivity (Wildman–Crippen MR) is 59.4 cm³/mol. The molecule has 1 rings (SSSR count). The summed E-state index contributed by atoms with van der Waals surface area (Å²) >= 11 is 0. The van der Waals surface area contributed by atoms with Gasteiger partial charge in [-0.15, -0.1) is 0 Å². The third-order valence-electron chi connectivity index (χ3n) is 2.65. The van der Waals surface area contributed by atoms with Gasteiger partial charge in [-0.1, -0.05) is 24.3 Å². The monoisotopic (exact) mass is 193 g/mol. The van der Waals surface area contributed by atoms with Gasteiger partial charge in [0.05, 0.1) is 6.61 Å². The second kappa shape index (κ2) is 5.78. The molecular weight excluding hydrogens is 174 g/mol. The average molecular weight is 193 g/mol. The molecule has 2 heteroatoms. The minimum Gasteiger partial charge on any atom is -0.395 e. The van der Waals surface area contributed by atoms with E-state index in [1.807, 2.05) is 7.05 Å². The summed E-state index contributed by atoms with van der Waals surface area (Å²) in [6.07, 6.45) is 2.01. The summed E-state index contributed by atoms with van der Waals surface area (Å²) in [5.41, 5.74) is 2.71. The van der Waals surface area contributed by atoms with Crippen molar-refractivity contribution in [3.63, 3.8) is 0 Å². The van der Waals surface area contributed by atoms with Crippen molar-refractivity contribution in [2.24, 2.45) is 0 Å². The Morgan fingerprint density at radius 1 is 1.36 bits per heavy atom. The van der Waals surface area contributed by atoms with Crippen molar-refractivity contribution in [1.29, 1.82) is 0 Å². The minimum atomic E-state index is 0.211. The van der Waals surface area contributed by atoms with Gasteiger partial charge in [0.25, 0.3) is 0 Å². The minimum absolute atomic E-state index is 0.211. The molecule has 0 bridgehead atoms. The maximum absolute atomic E-state index is 9.01. The highest BCUT2D eigenvalue weighted by atomic mass is 16.3. The number of benzene rings is 1. The van der Waals surface area contributed by atoms with E-state index in [9.17, 15) is 0 Å². The summed E-state index contributed by atoms with van der Waals surface area (Å²) in [6.45, 7) is 2.34. The lowest BCUT2D eigenvalue weighted by molar-refractivity contribution is 0.242. The summed E-state index contributed by atoms with van der Waals surface area (Å²) < 4.78 is 0. The molecule has 14 heavy (non-hydrogen) atoms. The number of hydrogen-bond donors (Lipinski definition) is 2. The van der Waals surface area contributed by atoms with E-state index in [1.165, 1.54) is 11.1 Å². The number of aliphatic hydroxyl groups is 1. The van der Waals surface area contributed by atoms with E-state index in [2.05, 4.69) is 36.5 Å². The summed E-state index contributed by atoms with van der Waals surface area (Å²) in [6, 6.07) is 8.62. The number of hydrogen-bond acceptors (Lipinski definition) is 2. The molecule has 0 saturated carbocycles. The van der Waals surface area contributed by atoms with Crippen molar-refractivity contribution in [3.05, 3.63) is 35.4 Å². The van der Waals surface area contributed by atoms with Crippen molar-refractivity contribution in [2.45, 2.75) is 25.8 Å². The quantitative estimate of drug-likeness (QED) is 0.743. The molecule has 0 fully saturated rings. The molecule has 2 N–H and O–H groups in total. The Labute approximate surface area is 86.0 Å². The van der Waals surface area contributed by atoms with Crippen molar-refractivity contribution in [2.75, 3.05) is 13.7 Å². The highest BCUT2D eigenvalue weighted by molar-refractivity contribution is 5.25. The Balaban J connectivity index is 2.49. The van der Waals surface area contributed by atoms with Crippen molar-refractivity contribution >= 4 is 0 Å². The van der Waals surface area contributed by atoms with E-state index >= 15 is 0 Å². The number of likely N-dealkylation sites (N-methyl/N-ethyl adjacent to an activating group) is 1. The molecule has 1 unspecified atom stereocenters. The van der Waals surface area contributed by atoms with Gasteiger partial charge in [0.15, 0.2) is 0 Å². The van der Waals surface area contributed by atoms with E-state index in [1.54, 1.807) is 0 Å². The molecule has 0 radical (unpaired) electrons. The van der Waals surface area contributed by atoms with E-state index in [4.69, 9.17) is 5.11 Å². The first-order chi connectivity index (χ1) is 6.77. The molecule has 1 atom stereocenters. The van der Waals surface area contributed by atoms with Gasteiger partial charge < -0.3 is 10.4 Å². The van der Waals surface area contributed by atoms with Gasteiger partial charge in [0.1, 0.15) is 0 Å². The number of aliphatic hydroxyl groups excluding tert-OH is 1. The lowest BCUT2D eigenvalue weighted by Gasteiger charge is -2.13. The molecule has 0 aromatic heterocycles. The molecule has 0 saturated heterocycles. The van der Waals surface area contributed by atoms with Crippen LogP contribution in [-0.4, -0.2) is 24.8 Å². The third kappa shape index (κ3) is 3.13. The molecule has 0 heterocycles. The van der Waals surface area contributed by atoms with Crippen LogP contribution < -0.4 is 5.32 Å². The largest absolute Gasteiger partial charge is 0.395 e. The molecule has 2 nitrogen and oxygen atoms in total. The van der Waals surface area contributed by atoms with Crippen LogP contribution in [0.1, 0.15) is 17.5 Å². The average Bonchev–Trinajstić information content (AvgIpc) is 2.22. The molecule has 0 spiro atoms. The Morgan fingerprint density at radius 2 is 2.07 bits per heavy atom. The summed E-state index contributed by atoms with van der Waals surface area (Å²) in [5, 5.41) is 12.1. The van der Waals surface area contributed by atoms with Gasteiger partial charge in [-0.3, -0.25) is 0 Å². The first-order valence-corrected chi connectivity index (χ1v) is 5.10. The Morgan fingerprint density at radius 3 is 2.64 bits per heavy atom. The molecule has 1 aromatic rings. The van der Waals surface area contributed by atoms with E-state index in [0.29, 0.717) is 0 Å². The van der Waals surface area contributed by atoms with Crippen LogP contribution in [-0.2, 0) is 6.42 Å². The van der Waals surface area contributed by atoms with Crippen LogP contribution in [0.2, 0.25) is 0 Å². The van der Waals surface area contributed by atoms with E-state index in [0.717, 1.165) is 12.8 Å². The Hall–Kier alpha value is -0.860. The molecule has 0 aliphatic heterocycles. The Kier molecular flexibility index (Phi) is 4.63. The Bertz CT molecular complexity index is 269. The zero-order valence-electron chi connectivity index (χ0n) is 8.96. The van der Waals surface area contributed by atoms with Crippen molar-refractivity contribution in [1.82, 2.24) is 5.32 Å². The van der Waals surface area contributed by atoms with Gasteiger partial charge in [0, 0.05) is 6.04 Å².